The summed E-state index contributed by atoms with van der Waals surface area (Å²) in [5, 5.41) is 8.91. The van der Waals surface area contributed by atoms with Crippen LogP contribution in [-0.4, -0.2) is 21.3 Å². The molecule has 0 amide bonds. The Bertz CT molecular complexity index is 471. The number of aliphatic hydroxyl groups excluding tert-OH is 1. The zero-order chi connectivity index (χ0) is 11.5. The second-order valence-corrected chi connectivity index (χ2v) is 3.96. The fourth-order valence-corrected chi connectivity index (χ4v) is 1.71. The predicted octanol–water partition coefficient (Wildman–Crippen LogP) is 2.16. The van der Waals surface area contributed by atoms with Crippen molar-refractivity contribution in [2.45, 2.75) is 20.4 Å². The summed E-state index contributed by atoms with van der Waals surface area (Å²) in [5.74, 6) is 0.935. The molecule has 1 aromatic heterocycles. The molecule has 3 heteroatoms. The van der Waals surface area contributed by atoms with Crippen molar-refractivity contribution in [2.75, 3.05) is 6.61 Å². The summed E-state index contributed by atoms with van der Waals surface area (Å²) >= 11 is 0. The molecule has 0 aliphatic rings. The monoisotopic (exact) mass is 216 g/mol. The van der Waals surface area contributed by atoms with E-state index in [-0.39, 0.29) is 6.61 Å². The highest BCUT2D eigenvalue weighted by Crippen LogP contribution is 2.18. The lowest BCUT2D eigenvalue weighted by Crippen LogP contribution is -2.02. The topological polar surface area (TPSA) is 38.0 Å². The van der Waals surface area contributed by atoms with Gasteiger partial charge in [0.25, 0.3) is 0 Å². The third-order valence-electron chi connectivity index (χ3n) is 2.66. The lowest BCUT2D eigenvalue weighted by Gasteiger charge is -1.99. The molecule has 2 rings (SSSR count). The maximum Gasteiger partial charge on any atom is 0.106 e. The molecule has 0 radical (unpaired) electrons. The molecule has 0 aliphatic heterocycles. The molecule has 0 bridgehead atoms. The molecule has 0 atom stereocenters. The summed E-state index contributed by atoms with van der Waals surface area (Å²) in [6, 6.07) is 8.30. The molecule has 1 aromatic carbocycles. The van der Waals surface area contributed by atoms with E-state index in [0.29, 0.717) is 6.54 Å². The van der Waals surface area contributed by atoms with E-state index in [1.54, 1.807) is 0 Å². The quantitative estimate of drug-likeness (QED) is 0.853. The smallest absolute Gasteiger partial charge is 0.106 e. The van der Waals surface area contributed by atoms with Crippen LogP contribution in [0.5, 0.6) is 0 Å². The van der Waals surface area contributed by atoms with Crippen molar-refractivity contribution in [3.8, 4) is 11.3 Å². The molecule has 16 heavy (non-hydrogen) atoms. The van der Waals surface area contributed by atoms with Crippen molar-refractivity contribution in [1.82, 2.24) is 9.55 Å². The van der Waals surface area contributed by atoms with Crippen LogP contribution in [0, 0.1) is 13.8 Å². The average Bonchev–Trinajstić information content (AvgIpc) is 2.62. The van der Waals surface area contributed by atoms with Crippen LogP contribution in [-0.2, 0) is 6.54 Å². The maximum atomic E-state index is 8.91. The van der Waals surface area contributed by atoms with E-state index in [2.05, 4.69) is 36.2 Å². The Hall–Kier alpha value is -1.61. The normalized spacial score (nSPS) is 10.7. The first-order valence-electron chi connectivity index (χ1n) is 5.42. The van der Waals surface area contributed by atoms with Crippen molar-refractivity contribution in [2.24, 2.45) is 0 Å². The van der Waals surface area contributed by atoms with Crippen molar-refractivity contribution in [3.63, 3.8) is 0 Å². The van der Waals surface area contributed by atoms with Gasteiger partial charge in [-0.05, 0) is 13.8 Å². The fraction of sp³-hybridized carbons (Fsp3) is 0.308. The van der Waals surface area contributed by atoms with E-state index in [4.69, 9.17) is 5.11 Å². The van der Waals surface area contributed by atoms with Gasteiger partial charge in [0.2, 0.25) is 0 Å². The largest absolute Gasteiger partial charge is 0.395 e. The van der Waals surface area contributed by atoms with Gasteiger partial charge in [-0.2, -0.15) is 0 Å². The van der Waals surface area contributed by atoms with Gasteiger partial charge < -0.3 is 9.67 Å². The van der Waals surface area contributed by atoms with Gasteiger partial charge in [-0.15, -0.1) is 0 Å². The van der Waals surface area contributed by atoms with Gasteiger partial charge in [-0.1, -0.05) is 29.8 Å². The molecule has 3 nitrogen and oxygen atoms in total. The molecule has 84 valence electrons. The first-order chi connectivity index (χ1) is 7.70. The van der Waals surface area contributed by atoms with Crippen LogP contribution in [0.2, 0.25) is 0 Å². The standard InChI is InChI=1S/C13H16N2O/c1-10-3-5-12(6-4-10)13-9-15(7-8-16)11(2)14-13/h3-6,9,16H,7-8H2,1-2H3. The second-order valence-electron chi connectivity index (χ2n) is 3.96. The van der Waals surface area contributed by atoms with Crippen LogP contribution >= 0.6 is 0 Å². The highest BCUT2D eigenvalue weighted by molar-refractivity contribution is 5.58. The zero-order valence-electron chi connectivity index (χ0n) is 9.64. The third kappa shape index (κ3) is 2.14. The average molecular weight is 216 g/mol. The molecule has 0 aliphatic carbocycles. The highest BCUT2D eigenvalue weighted by Gasteiger charge is 2.05. The molecule has 1 N–H and O–H groups in total. The Morgan fingerprint density at radius 3 is 2.50 bits per heavy atom. The molecule has 1 heterocycles. The van der Waals surface area contributed by atoms with Crippen LogP contribution in [0.1, 0.15) is 11.4 Å². The first-order valence-corrected chi connectivity index (χ1v) is 5.42. The van der Waals surface area contributed by atoms with E-state index in [9.17, 15) is 0 Å². The zero-order valence-corrected chi connectivity index (χ0v) is 9.64. The Kier molecular flexibility index (Phi) is 3.06. The fourth-order valence-electron chi connectivity index (χ4n) is 1.71. The number of aryl methyl sites for hydroxylation is 2. The number of aliphatic hydroxyl groups is 1. The Balaban J connectivity index is 2.33. The van der Waals surface area contributed by atoms with Crippen LogP contribution in [0.4, 0.5) is 0 Å². The third-order valence-corrected chi connectivity index (χ3v) is 2.66. The van der Waals surface area contributed by atoms with E-state index < -0.39 is 0 Å². The second kappa shape index (κ2) is 4.49. The summed E-state index contributed by atoms with van der Waals surface area (Å²) in [7, 11) is 0. The van der Waals surface area contributed by atoms with Crippen molar-refractivity contribution in [1.29, 1.82) is 0 Å². The molecule has 0 unspecified atom stereocenters. The summed E-state index contributed by atoms with van der Waals surface area (Å²) in [4.78, 5) is 4.48. The molecule has 0 fully saturated rings. The minimum atomic E-state index is 0.143. The van der Waals surface area contributed by atoms with Gasteiger partial charge >= 0.3 is 0 Å². The summed E-state index contributed by atoms with van der Waals surface area (Å²) in [5.41, 5.74) is 3.33. The van der Waals surface area contributed by atoms with E-state index in [0.717, 1.165) is 17.1 Å². The van der Waals surface area contributed by atoms with Crippen LogP contribution in [0.3, 0.4) is 0 Å². The van der Waals surface area contributed by atoms with E-state index in [1.165, 1.54) is 5.56 Å². The van der Waals surface area contributed by atoms with Crippen LogP contribution < -0.4 is 0 Å². The van der Waals surface area contributed by atoms with Crippen molar-refractivity contribution in [3.05, 3.63) is 41.9 Å². The van der Waals surface area contributed by atoms with E-state index >= 15 is 0 Å². The number of rotatable bonds is 3. The lowest BCUT2D eigenvalue weighted by atomic mass is 10.1. The molecule has 2 aromatic rings. The molecule has 0 spiro atoms. The molecule has 0 saturated heterocycles. The van der Waals surface area contributed by atoms with Crippen molar-refractivity contribution < 1.29 is 5.11 Å². The van der Waals surface area contributed by atoms with Crippen LogP contribution in [0.25, 0.3) is 11.3 Å². The molecular formula is C13H16N2O. The lowest BCUT2D eigenvalue weighted by molar-refractivity contribution is 0.275. The number of hydrogen-bond acceptors (Lipinski definition) is 2. The first kappa shape index (κ1) is 10.9. The van der Waals surface area contributed by atoms with E-state index in [1.807, 2.05) is 17.7 Å². The number of aromatic nitrogens is 2. The molecular weight excluding hydrogens is 200 g/mol. The summed E-state index contributed by atoms with van der Waals surface area (Å²) in [6.07, 6.45) is 1.98. The molecule has 0 saturated carbocycles. The SMILES string of the molecule is Cc1ccc(-c2cn(CCO)c(C)n2)cc1. The Morgan fingerprint density at radius 1 is 1.19 bits per heavy atom. The number of nitrogens with zero attached hydrogens (tertiary/aromatic N) is 2. The van der Waals surface area contributed by atoms with Gasteiger partial charge in [0.15, 0.2) is 0 Å². The number of imidazole rings is 1. The van der Waals surface area contributed by atoms with Gasteiger partial charge in [0, 0.05) is 18.3 Å². The van der Waals surface area contributed by atoms with Crippen LogP contribution in [0.15, 0.2) is 30.5 Å². The van der Waals surface area contributed by atoms with Gasteiger partial charge in [-0.25, -0.2) is 4.98 Å². The Morgan fingerprint density at radius 2 is 1.88 bits per heavy atom. The number of hydrogen-bond donors (Lipinski definition) is 1. The number of benzene rings is 1. The highest BCUT2D eigenvalue weighted by atomic mass is 16.3. The minimum Gasteiger partial charge on any atom is -0.395 e. The predicted molar refractivity (Wildman–Crippen MR) is 64.2 cm³/mol. The maximum absolute atomic E-state index is 8.91. The van der Waals surface area contributed by atoms with Gasteiger partial charge in [0.05, 0.1) is 12.3 Å². The Labute approximate surface area is 95.4 Å². The van der Waals surface area contributed by atoms with Gasteiger partial charge in [0.1, 0.15) is 5.82 Å². The van der Waals surface area contributed by atoms with Gasteiger partial charge in [-0.3, -0.25) is 0 Å². The van der Waals surface area contributed by atoms with Crippen molar-refractivity contribution >= 4 is 0 Å². The minimum absolute atomic E-state index is 0.143. The summed E-state index contributed by atoms with van der Waals surface area (Å²) < 4.78 is 1.97. The summed E-state index contributed by atoms with van der Waals surface area (Å²) in [6.45, 7) is 4.77.